The molecule has 0 saturated carbocycles. The Balaban J connectivity index is 1.93. The summed E-state index contributed by atoms with van der Waals surface area (Å²) in [5.74, 6) is 0.723. The standard InChI is InChI=1S/C16H20N4/c1-2-6-14-13-11-17-10-9-15(13)20-16(19-14)18-12-7-4-3-5-8-12/h3-5,7-8,17H,2,6,9-11H2,1H3,(H,18,19,20). The van der Waals surface area contributed by atoms with Crippen LogP contribution in [0.4, 0.5) is 11.6 Å². The van der Waals surface area contributed by atoms with Crippen LogP contribution < -0.4 is 10.6 Å². The van der Waals surface area contributed by atoms with Crippen LogP contribution in [0, 0.1) is 0 Å². The number of anilines is 2. The topological polar surface area (TPSA) is 49.8 Å². The fraction of sp³-hybridized carbons (Fsp3) is 0.375. The highest BCUT2D eigenvalue weighted by Crippen LogP contribution is 2.21. The zero-order chi connectivity index (χ0) is 13.8. The summed E-state index contributed by atoms with van der Waals surface area (Å²) in [6.45, 7) is 4.09. The largest absolute Gasteiger partial charge is 0.324 e. The molecule has 1 aromatic carbocycles. The van der Waals surface area contributed by atoms with Crippen molar-refractivity contribution in [3.05, 3.63) is 47.3 Å². The molecule has 2 aromatic rings. The SMILES string of the molecule is CCCc1nc(Nc2ccccc2)nc2c1CNCC2. The minimum Gasteiger partial charge on any atom is -0.324 e. The van der Waals surface area contributed by atoms with Crippen LogP contribution in [-0.2, 0) is 19.4 Å². The number of nitrogens with zero attached hydrogens (tertiary/aromatic N) is 2. The van der Waals surface area contributed by atoms with Crippen molar-refractivity contribution in [1.29, 1.82) is 0 Å². The van der Waals surface area contributed by atoms with Gasteiger partial charge in [0, 0.05) is 30.8 Å². The third-order valence-corrected chi connectivity index (χ3v) is 3.54. The van der Waals surface area contributed by atoms with Gasteiger partial charge in [0.2, 0.25) is 5.95 Å². The number of hydrogen-bond donors (Lipinski definition) is 2. The Labute approximate surface area is 119 Å². The summed E-state index contributed by atoms with van der Waals surface area (Å²) in [5.41, 5.74) is 4.71. The average molecular weight is 268 g/mol. The Hall–Kier alpha value is -1.94. The highest BCUT2D eigenvalue weighted by molar-refractivity contribution is 5.53. The molecule has 0 aliphatic carbocycles. The van der Waals surface area contributed by atoms with Gasteiger partial charge in [0.1, 0.15) is 0 Å². The van der Waals surface area contributed by atoms with Gasteiger partial charge in [-0.2, -0.15) is 0 Å². The third-order valence-electron chi connectivity index (χ3n) is 3.54. The number of aromatic nitrogens is 2. The number of para-hydroxylation sites is 1. The van der Waals surface area contributed by atoms with E-state index in [1.165, 1.54) is 17.0 Å². The smallest absolute Gasteiger partial charge is 0.227 e. The van der Waals surface area contributed by atoms with Crippen LogP contribution >= 0.6 is 0 Å². The van der Waals surface area contributed by atoms with E-state index in [1.54, 1.807) is 0 Å². The lowest BCUT2D eigenvalue weighted by Crippen LogP contribution is -2.27. The van der Waals surface area contributed by atoms with E-state index in [-0.39, 0.29) is 0 Å². The normalized spacial score (nSPS) is 13.8. The summed E-state index contributed by atoms with van der Waals surface area (Å²) >= 11 is 0. The second kappa shape index (κ2) is 6.01. The molecule has 2 N–H and O–H groups in total. The molecular formula is C16H20N4. The molecule has 1 aromatic heterocycles. The average Bonchev–Trinajstić information content (AvgIpc) is 2.49. The minimum atomic E-state index is 0.723. The lowest BCUT2D eigenvalue weighted by atomic mass is 10.0. The lowest BCUT2D eigenvalue weighted by molar-refractivity contribution is 0.615. The monoisotopic (exact) mass is 268 g/mol. The van der Waals surface area contributed by atoms with Crippen LogP contribution in [0.3, 0.4) is 0 Å². The highest BCUT2D eigenvalue weighted by Gasteiger charge is 2.16. The third kappa shape index (κ3) is 2.80. The zero-order valence-electron chi connectivity index (χ0n) is 11.8. The Bertz CT molecular complexity index is 581. The van der Waals surface area contributed by atoms with Crippen LogP contribution in [0.25, 0.3) is 0 Å². The van der Waals surface area contributed by atoms with E-state index in [4.69, 9.17) is 4.98 Å². The molecule has 0 fully saturated rings. The Morgan fingerprint density at radius 3 is 2.85 bits per heavy atom. The molecule has 0 amide bonds. The van der Waals surface area contributed by atoms with Crippen molar-refractivity contribution in [3.8, 4) is 0 Å². The minimum absolute atomic E-state index is 0.723. The second-order valence-corrected chi connectivity index (χ2v) is 5.09. The van der Waals surface area contributed by atoms with E-state index in [9.17, 15) is 0 Å². The molecule has 4 nitrogen and oxygen atoms in total. The molecule has 104 valence electrons. The van der Waals surface area contributed by atoms with Crippen LogP contribution in [0.15, 0.2) is 30.3 Å². The Kier molecular flexibility index (Phi) is 3.92. The first kappa shape index (κ1) is 13.1. The van der Waals surface area contributed by atoms with Gasteiger partial charge in [-0.15, -0.1) is 0 Å². The van der Waals surface area contributed by atoms with Crippen LogP contribution in [0.5, 0.6) is 0 Å². The fourth-order valence-corrected chi connectivity index (χ4v) is 2.56. The van der Waals surface area contributed by atoms with E-state index in [1.807, 2.05) is 30.3 Å². The molecule has 0 bridgehead atoms. The first-order valence-electron chi connectivity index (χ1n) is 7.28. The van der Waals surface area contributed by atoms with E-state index in [2.05, 4.69) is 22.5 Å². The molecule has 3 rings (SSSR count). The predicted molar refractivity (Wildman–Crippen MR) is 81.2 cm³/mol. The Morgan fingerprint density at radius 1 is 1.20 bits per heavy atom. The van der Waals surface area contributed by atoms with Crippen LogP contribution in [-0.4, -0.2) is 16.5 Å². The van der Waals surface area contributed by atoms with E-state index in [0.717, 1.165) is 44.0 Å². The lowest BCUT2D eigenvalue weighted by Gasteiger charge is -2.20. The number of nitrogens with one attached hydrogen (secondary N) is 2. The number of fused-ring (bicyclic) bond motifs is 1. The van der Waals surface area contributed by atoms with Gasteiger partial charge < -0.3 is 10.6 Å². The van der Waals surface area contributed by atoms with Crippen molar-refractivity contribution >= 4 is 11.6 Å². The molecule has 4 heteroatoms. The number of benzene rings is 1. The van der Waals surface area contributed by atoms with Gasteiger partial charge in [0.25, 0.3) is 0 Å². The van der Waals surface area contributed by atoms with Gasteiger partial charge >= 0.3 is 0 Å². The summed E-state index contributed by atoms with van der Waals surface area (Å²) in [4.78, 5) is 9.40. The van der Waals surface area contributed by atoms with Gasteiger partial charge in [-0.3, -0.25) is 0 Å². The second-order valence-electron chi connectivity index (χ2n) is 5.09. The van der Waals surface area contributed by atoms with Crippen LogP contribution in [0.2, 0.25) is 0 Å². The first-order chi connectivity index (χ1) is 9.86. The number of rotatable bonds is 4. The summed E-state index contributed by atoms with van der Waals surface area (Å²) in [6.07, 6.45) is 3.10. The zero-order valence-corrected chi connectivity index (χ0v) is 11.8. The molecule has 0 saturated heterocycles. The van der Waals surface area contributed by atoms with E-state index >= 15 is 0 Å². The van der Waals surface area contributed by atoms with Gasteiger partial charge in [-0.1, -0.05) is 31.5 Å². The maximum atomic E-state index is 4.71. The van der Waals surface area contributed by atoms with Crippen molar-refractivity contribution in [3.63, 3.8) is 0 Å². The highest BCUT2D eigenvalue weighted by atomic mass is 15.1. The maximum absolute atomic E-state index is 4.71. The molecule has 0 unspecified atom stereocenters. The summed E-state index contributed by atoms with van der Waals surface area (Å²) in [7, 11) is 0. The summed E-state index contributed by atoms with van der Waals surface area (Å²) in [5, 5.41) is 6.72. The van der Waals surface area contributed by atoms with Crippen molar-refractivity contribution in [2.75, 3.05) is 11.9 Å². The van der Waals surface area contributed by atoms with Gasteiger partial charge in [-0.05, 0) is 18.6 Å². The van der Waals surface area contributed by atoms with Crippen molar-refractivity contribution in [1.82, 2.24) is 15.3 Å². The number of hydrogen-bond acceptors (Lipinski definition) is 4. The van der Waals surface area contributed by atoms with E-state index < -0.39 is 0 Å². The van der Waals surface area contributed by atoms with Crippen molar-refractivity contribution < 1.29 is 0 Å². The molecule has 0 radical (unpaired) electrons. The molecule has 1 aliphatic rings. The quantitative estimate of drug-likeness (QED) is 0.895. The predicted octanol–water partition coefficient (Wildman–Crippen LogP) is 2.82. The first-order valence-corrected chi connectivity index (χ1v) is 7.28. The molecule has 0 spiro atoms. The summed E-state index contributed by atoms with van der Waals surface area (Å²) < 4.78 is 0. The van der Waals surface area contributed by atoms with Crippen LogP contribution in [0.1, 0.15) is 30.3 Å². The molecular weight excluding hydrogens is 248 g/mol. The van der Waals surface area contributed by atoms with Gasteiger partial charge in [0.05, 0.1) is 11.4 Å². The maximum Gasteiger partial charge on any atom is 0.227 e. The van der Waals surface area contributed by atoms with Crippen molar-refractivity contribution in [2.24, 2.45) is 0 Å². The van der Waals surface area contributed by atoms with E-state index in [0.29, 0.717) is 0 Å². The number of aryl methyl sites for hydroxylation is 1. The van der Waals surface area contributed by atoms with Gasteiger partial charge in [-0.25, -0.2) is 9.97 Å². The fourth-order valence-electron chi connectivity index (χ4n) is 2.56. The summed E-state index contributed by atoms with van der Waals surface area (Å²) in [6, 6.07) is 10.1. The molecule has 20 heavy (non-hydrogen) atoms. The molecule has 2 heterocycles. The van der Waals surface area contributed by atoms with Gasteiger partial charge in [0.15, 0.2) is 0 Å². The molecule has 1 aliphatic heterocycles. The molecule has 0 atom stereocenters. The Morgan fingerprint density at radius 2 is 2.05 bits per heavy atom. The van der Waals surface area contributed by atoms with Crippen molar-refractivity contribution in [2.45, 2.75) is 32.7 Å².